The number of halogens is 5. The largest absolute Gasteiger partial charge is 0.460 e. The molecule has 1 aromatic carbocycles. The normalized spacial score (nSPS) is 20.0. The van der Waals surface area contributed by atoms with E-state index < -0.39 is 52.1 Å². The second-order valence-electron chi connectivity index (χ2n) is 7.88. The zero-order valence-electron chi connectivity index (χ0n) is 17.0. The van der Waals surface area contributed by atoms with E-state index in [-0.39, 0.29) is 5.92 Å². The minimum atomic E-state index is -4.81. The minimum Gasteiger partial charge on any atom is -0.460 e. The molecule has 4 nitrogen and oxygen atoms in total. The zero-order valence-corrected chi connectivity index (χ0v) is 19.3. The number of benzene rings is 1. The Labute approximate surface area is 196 Å². The molecule has 0 unspecified atom stereocenters. The number of alkyl halides is 3. The van der Waals surface area contributed by atoms with Crippen LogP contribution in [0.4, 0.5) is 13.2 Å². The highest BCUT2D eigenvalue weighted by molar-refractivity contribution is 7.09. The summed E-state index contributed by atoms with van der Waals surface area (Å²) < 4.78 is 46.0. The highest BCUT2D eigenvalue weighted by Gasteiger charge is 2.61. The Morgan fingerprint density at radius 1 is 1.34 bits per heavy atom. The van der Waals surface area contributed by atoms with Crippen LogP contribution in [0.15, 0.2) is 35.1 Å². The third-order valence-electron chi connectivity index (χ3n) is 5.44. The number of esters is 1. The van der Waals surface area contributed by atoms with E-state index in [9.17, 15) is 22.8 Å². The number of hydrogen-bond donors (Lipinski definition) is 0. The number of rotatable bonds is 6. The van der Waals surface area contributed by atoms with Crippen molar-refractivity contribution >= 4 is 45.5 Å². The van der Waals surface area contributed by atoms with Crippen molar-refractivity contribution < 1.29 is 22.7 Å². The maximum Gasteiger partial charge on any atom is 0.432 e. The van der Waals surface area contributed by atoms with Crippen LogP contribution in [0.2, 0.25) is 5.02 Å². The van der Waals surface area contributed by atoms with E-state index >= 15 is 0 Å². The Morgan fingerprint density at radius 3 is 2.53 bits per heavy atom. The molecule has 1 aliphatic carbocycles. The van der Waals surface area contributed by atoms with Crippen molar-refractivity contribution in [1.82, 2.24) is 4.57 Å². The predicted molar refractivity (Wildman–Crippen MR) is 118 cm³/mol. The van der Waals surface area contributed by atoms with Gasteiger partial charge in [0.15, 0.2) is 0 Å². The summed E-state index contributed by atoms with van der Waals surface area (Å²) in [5.74, 6) is 0.532. The molecule has 0 spiro atoms. The lowest BCUT2D eigenvalue weighted by Crippen LogP contribution is -2.22. The Balaban J connectivity index is 1.75. The van der Waals surface area contributed by atoms with Gasteiger partial charge in [0.25, 0.3) is 0 Å². The highest BCUT2D eigenvalue weighted by atomic mass is 35.5. The van der Waals surface area contributed by atoms with Crippen LogP contribution < -0.4 is 4.87 Å². The molecule has 1 fully saturated rings. The lowest BCUT2D eigenvalue weighted by Gasteiger charge is -2.11. The van der Waals surface area contributed by atoms with E-state index in [1.807, 2.05) is 19.8 Å². The Morgan fingerprint density at radius 2 is 1.97 bits per heavy atom. The molecule has 1 heterocycles. The minimum absolute atomic E-state index is 0.259. The van der Waals surface area contributed by atoms with E-state index in [1.54, 1.807) is 30.3 Å². The summed E-state index contributed by atoms with van der Waals surface area (Å²) in [4.78, 5) is 23.3. The number of aromatic nitrogens is 1. The van der Waals surface area contributed by atoms with Gasteiger partial charge in [-0.2, -0.15) is 13.2 Å². The molecule has 170 valence electrons. The number of thiazole rings is 1. The van der Waals surface area contributed by atoms with Gasteiger partial charge in [-0.25, -0.2) is 0 Å². The number of carbonyl (C=O) groups excluding carboxylic acids is 1. The van der Waals surface area contributed by atoms with E-state index in [4.69, 9.17) is 34.4 Å². The molecular weight excluding hydrogens is 486 g/mol. The van der Waals surface area contributed by atoms with Gasteiger partial charge in [-0.15, -0.1) is 6.42 Å². The van der Waals surface area contributed by atoms with Crippen LogP contribution in [0, 0.1) is 29.6 Å². The van der Waals surface area contributed by atoms with Crippen LogP contribution in [-0.2, 0) is 28.9 Å². The molecule has 1 saturated carbocycles. The number of hydrogen-bond acceptors (Lipinski definition) is 4. The summed E-state index contributed by atoms with van der Waals surface area (Å²) in [5.41, 5.74) is -0.949. The molecule has 0 bridgehead atoms. The van der Waals surface area contributed by atoms with Gasteiger partial charge in [0.2, 0.25) is 0 Å². The lowest BCUT2D eigenvalue weighted by molar-refractivity contribution is -0.151. The summed E-state index contributed by atoms with van der Waals surface area (Å²) in [6.07, 6.45) is 2.00. The summed E-state index contributed by atoms with van der Waals surface area (Å²) in [6, 6.07) is 6.86. The molecule has 2 aromatic rings. The maximum atomic E-state index is 13.5. The Kier molecular flexibility index (Phi) is 6.85. The van der Waals surface area contributed by atoms with Gasteiger partial charge < -0.3 is 4.74 Å². The van der Waals surface area contributed by atoms with Crippen molar-refractivity contribution in [3.63, 3.8) is 0 Å². The molecule has 0 saturated heterocycles. The summed E-state index contributed by atoms with van der Waals surface area (Å²) in [6.45, 7) is 2.49. The van der Waals surface area contributed by atoms with Gasteiger partial charge in [0, 0.05) is 10.1 Å². The quantitative estimate of drug-likeness (QED) is 0.369. The zero-order chi connectivity index (χ0) is 23.8. The number of nitrogens with zero attached hydrogens (tertiary/aromatic N) is 1. The van der Waals surface area contributed by atoms with Crippen molar-refractivity contribution in [3.8, 4) is 12.3 Å². The number of carbonyl (C=O) groups is 1. The van der Waals surface area contributed by atoms with Crippen LogP contribution in [0.3, 0.4) is 0 Å². The first-order chi connectivity index (χ1) is 14.9. The second kappa shape index (κ2) is 8.97. The van der Waals surface area contributed by atoms with Crippen LogP contribution in [-0.4, -0.2) is 10.5 Å². The van der Waals surface area contributed by atoms with Crippen molar-refractivity contribution in [2.45, 2.75) is 33.2 Å². The summed E-state index contributed by atoms with van der Waals surface area (Å²) >= 11 is 12.6. The van der Waals surface area contributed by atoms with Gasteiger partial charge in [-0.05, 0) is 29.0 Å². The van der Waals surface area contributed by atoms with Crippen molar-refractivity contribution in [1.29, 1.82) is 0 Å². The van der Waals surface area contributed by atoms with Crippen molar-refractivity contribution in [2.75, 3.05) is 0 Å². The van der Waals surface area contributed by atoms with Gasteiger partial charge in [0.1, 0.15) is 12.3 Å². The fourth-order valence-electron chi connectivity index (χ4n) is 3.62. The predicted octanol–water partition coefficient (Wildman–Crippen LogP) is 5.81. The summed E-state index contributed by atoms with van der Waals surface area (Å²) in [5, 5.41) is 0.988. The molecular formula is C22H18Cl2F3NO3S. The molecule has 32 heavy (non-hydrogen) atoms. The number of allylic oxidation sites excluding steroid dienone is 1. The molecule has 0 amide bonds. The smallest absolute Gasteiger partial charge is 0.432 e. The number of ether oxygens (including phenoxy) is 1. The first kappa shape index (κ1) is 24.4. The second-order valence-corrected chi connectivity index (χ2v) is 9.77. The van der Waals surface area contributed by atoms with Crippen LogP contribution >= 0.6 is 34.5 Å². The maximum absolute atomic E-state index is 13.5. The van der Waals surface area contributed by atoms with Gasteiger partial charge >= 0.3 is 17.0 Å². The van der Waals surface area contributed by atoms with Gasteiger partial charge in [-0.3, -0.25) is 14.2 Å². The molecule has 0 N–H and O–H groups in total. The van der Waals surface area contributed by atoms with E-state index in [0.717, 1.165) is 5.56 Å². The molecule has 1 aromatic heterocycles. The van der Waals surface area contributed by atoms with Crippen LogP contribution in [0.1, 0.15) is 30.0 Å². The van der Waals surface area contributed by atoms with Gasteiger partial charge in [-0.1, -0.05) is 72.5 Å². The van der Waals surface area contributed by atoms with E-state index in [2.05, 4.69) is 0 Å². The molecule has 0 aliphatic heterocycles. The average Bonchev–Trinajstić information content (AvgIpc) is 3.06. The molecule has 2 atom stereocenters. The van der Waals surface area contributed by atoms with E-state index in [0.29, 0.717) is 26.0 Å². The molecule has 10 heteroatoms. The van der Waals surface area contributed by atoms with E-state index in [1.165, 1.54) is 0 Å². The van der Waals surface area contributed by atoms with Gasteiger partial charge in [0.05, 0.1) is 17.3 Å². The summed E-state index contributed by atoms with van der Waals surface area (Å²) in [7, 11) is 0. The number of terminal acetylenes is 1. The lowest BCUT2D eigenvalue weighted by atomic mass is 10.1. The van der Waals surface area contributed by atoms with Crippen LogP contribution in [0.25, 0.3) is 5.03 Å². The topological polar surface area (TPSA) is 48.3 Å². The first-order valence-electron chi connectivity index (χ1n) is 9.41. The first-order valence-corrected chi connectivity index (χ1v) is 11.0. The van der Waals surface area contributed by atoms with Crippen molar-refractivity contribution in [2.24, 2.45) is 17.3 Å². The third kappa shape index (κ3) is 4.90. The van der Waals surface area contributed by atoms with Crippen LogP contribution in [0.5, 0.6) is 0 Å². The average molecular weight is 504 g/mol. The fourth-order valence-corrected chi connectivity index (χ4v) is 4.93. The molecule has 1 aliphatic rings. The highest BCUT2D eigenvalue weighted by Crippen LogP contribution is 2.60. The monoisotopic (exact) mass is 503 g/mol. The Hall–Kier alpha value is -2.21. The SMILES string of the molecule is C#CCn1c(C(F)(F)F)c(COC(=O)[C@@H]2[C@H](C=C(Cl)c3ccc(Cl)cc3)C2(C)C)sc1=O. The van der Waals surface area contributed by atoms with Crippen molar-refractivity contribution in [3.05, 3.63) is 61.2 Å². The third-order valence-corrected chi connectivity index (χ3v) is 6.99. The molecule has 3 rings (SSSR count). The Bertz CT molecular complexity index is 1160. The molecule has 0 radical (unpaired) electrons. The standard InChI is InChI=1S/C22H18Cl2F3NO3S/c1-4-9-28-18(22(25,26)27)16(32-20(28)30)11-31-19(29)17-14(21(17,2)3)10-15(24)12-5-7-13(23)8-6-12/h1,5-8,10,14,17H,9,11H2,2-3H3/t14-,17-/m0/s1. The fraction of sp³-hybridized carbons (Fsp3) is 0.364.